The van der Waals surface area contributed by atoms with Crippen molar-refractivity contribution in [3.63, 3.8) is 0 Å². The summed E-state index contributed by atoms with van der Waals surface area (Å²) in [4.78, 5) is 5.58. The van der Waals surface area contributed by atoms with Gasteiger partial charge in [-0.25, -0.2) is 26.6 Å². The Morgan fingerprint density at radius 1 is 1.00 bits per heavy atom. The van der Waals surface area contributed by atoms with Crippen LogP contribution < -0.4 is 4.90 Å². The van der Waals surface area contributed by atoms with Gasteiger partial charge >= 0.3 is 0 Å². The molecule has 5 nitrogen and oxygen atoms in total. The van der Waals surface area contributed by atoms with E-state index >= 15 is 0 Å². The second kappa shape index (κ2) is 8.78. The molecular formula is C20H17ClF3N3O2S2. The van der Waals surface area contributed by atoms with Crippen molar-refractivity contribution in [2.24, 2.45) is 0 Å². The van der Waals surface area contributed by atoms with Crippen LogP contribution in [0, 0.1) is 17.5 Å². The molecule has 1 aliphatic rings. The molecule has 4 rings (SSSR count). The van der Waals surface area contributed by atoms with E-state index in [-0.39, 0.29) is 18.1 Å². The van der Waals surface area contributed by atoms with Crippen molar-refractivity contribution in [3.05, 3.63) is 75.5 Å². The van der Waals surface area contributed by atoms with E-state index in [2.05, 4.69) is 4.98 Å². The summed E-state index contributed by atoms with van der Waals surface area (Å²) in [6.07, 6.45) is 0.484. The van der Waals surface area contributed by atoms with E-state index in [0.29, 0.717) is 19.5 Å². The Morgan fingerprint density at radius 2 is 1.68 bits per heavy atom. The lowest BCUT2D eigenvalue weighted by molar-refractivity contribution is 0.378. The molecule has 2 aromatic carbocycles. The Bertz CT molecular complexity index is 1190. The molecule has 0 N–H and O–H groups in total. The van der Waals surface area contributed by atoms with Crippen molar-refractivity contribution < 1.29 is 21.6 Å². The number of hydrogen-bond acceptors (Lipinski definition) is 5. The van der Waals surface area contributed by atoms with Gasteiger partial charge < -0.3 is 4.90 Å². The number of anilines is 1. The number of benzene rings is 2. The van der Waals surface area contributed by atoms with Crippen LogP contribution in [0.1, 0.15) is 11.3 Å². The Morgan fingerprint density at radius 3 is 2.32 bits per heavy atom. The Balaban J connectivity index is 1.43. The smallest absolute Gasteiger partial charge is 0.249 e. The van der Waals surface area contributed by atoms with Gasteiger partial charge in [-0.3, -0.25) is 0 Å². The normalized spacial score (nSPS) is 15.4. The van der Waals surface area contributed by atoms with Crippen molar-refractivity contribution in [2.75, 3.05) is 31.1 Å². The molecule has 0 radical (unpaired) electrons. The minimum absolute atomic E-state index is 0.0524. The van der Waals surface area contributed by atoms with Gasteiger partial charge in [0, 0.05) is 38.0 Å². The highest BCUT2D eigenvalue weighted by molar-refractivity contribution is 7.89. The Kier molecular flexibility index (Phi) is 6.25. The zero-order valence-corrected chi connectivity index (χ0v) is 18.5. The lowest BCUT2D eigenvalue weighted by Crippen LogP contribution is -2.49. The first-order valence-corrected chi connectivity index (χ1v) is 12.0. The van der Waals surface area contributed by atoms with Gasteiger partial charge in [0.05, 0.1) is 10.7 Å². The summed E-state index contributed by atoms with van der Waals surface area (Å²) in [5, 5.41) is 2.65. The molecular weight excluding hydrogens is 471 g/mol. The zero-order valence-electron chi connectivity index (χ0n) is 16.1. The molecule has 1 fully saturated rings. The van der Waals surface area contributed by atoms with Crippen LogP contribution in [0.25, 0.3) is 0 Å². The standard InChI is InChI=1S/C20H17ClF3N3O2S2/c21-15-11-13(4-5-16(15)22)10-14-12-30-20(25-14)26-6-8-27(9-7-26)31(28,29)19-17(23)2-1-3-18(19)24/h1-5,11-12H,6-10H2. The van der Waals surface area contributed by atoms with Gasteiger partial charge in [-0.15, -0.1) is 11.3 Å². The number of hydrogen-bond donors (Lipinski definition) is 0. The highest BCUT2D eigenvalue weighted by Gasteiger charge is 2.33. The van der Waals surface area contributed by atoms with E-state index in [0.717, 1.165) is 38.9 Å². The van der Waals surface area contributed by atoms with Crippen LogP contribution in [-0.2, 0) is 16.4 Å². The monoisotopic (exact) mass is 487 g/mol. The van der Waals surface area contributed by atoms with Gasteiger partial charge in [-0.2, -0.15) is 4.31 Å². The quantitative estimate of drug-likeness (QED) is 0.538. The first-order chi connectivity index (χ1) is 14.8. The van der Waals surface area contributed by atoms with Crippen LogP contribution in [0.4, 0.5) is 18.3 Å². The molecule has 0 bridgehead atoms. The van der Waals surface area contributed by atoms with Crippen molar-refractivity contribution in [1.82, 2.24) is 9.29 Å². The van der Waals surface area contributed by atoms with Crippen molar-refractivity contribution in [1.29, 1.82) is 0 Å². The summed E-state index contributed by atoms with van der Waals surface area (Å²) in [6.45, 7) is 0.840. The van der Waals surface area contributed by atoms with Gasteiger partial charge in [0.15, 0.2) is 10.0 Å². The summed E-state index contributed by atoms with van der Waals surface area (Å²) in [5.41, 5.74) is 1.61. The minimum Gasteiger partial charge on any atom is -0.345 e. The first kappa shape index (κ1) is 22.1. The van der Waals surface area contributed by atoms with Crippen molar-refractivity contribution in [2.45, 2.75) is 11.3 Å². The SMILES string of the molecule is O=S(=O)(c1c(F)cccc1F)N1CCN(c2nc(Cc3ccc(F)c(Cl)c3)cs2)CC1. The van der Waals surface area contributed by atoms with Crippen molar-refractivity contribution >= 4 is 38.1 Å². The van der Waals surface area contributed by atoms with E-state index in [9.17, 15) is 21.6 Å². The Hall–Kier alpha value is -2.14. The fraction of sp³-hybridized carbons (Fsp3) is 0.250. The number of piperazine rings is 1. The van der Waals surface area contributed by atoms with E-state index in [4.69, 9.17) is 11.6 Å². The van der Waals surface area contributed by atoms with Crippen LogP contribution >= 0.6 is 22.9 Å². The molecule has 31 heavy (non-hydrogen) atoms. The number of sulfonamides is 1. The first-order valence-electron chi connectivity index (χ1n) is 9.33. The number of thiazole rings is 1. The van der Waals surface area contributed by atoms with Crippen LogP contribution in [0.3, 0.4) is 0 Å². The lowest BCUT2D eigenvalue weighted by atomic mass is 10.1. The zero-order chi connectivity index (χ0) is 22.2. The second-order valence-corrected chi connectivity index (χ2v) is 10.1. The van der Waals surface area contributed by atoms with Crippen LogP contribution in [0.5, 0.6) is 0 Å². The summed E-state index contributed by atoms with van der Waals surface area (Å²) in [7, 11) is -4.28. The predicted octanol–water partition coefficient (Wildman–Crippen LogP) is 4.32. The second-order valence-electron chi connectivity index (χ2n) is 6.99. The average molecular weight is 488 g/mol. The number of nitrogens with zero attached hydrogens (tertiary/aromatic N) is 3. The van der Waals surface area contributed by atoms with Crippen LogP contribution in [0.2, 0.25) is 5.02 Å². The molecule has 0 spiro atoms. The summed E-state index contributed by atoms with van der Waals surface area (Å²) >= 11 is 7.23. The highest BCUT2D eigenvalue weighted by Crippen LogP contribution is 2.27. The molecule has 164 valence electrons. The van der Waals surface area contributed by atoms with E-state index < -0.39 is 32.4 Å². The number of rotatable bonds is 5. The maximum atomic E-state index is 14.0. The van der Waals surface area contributed by atoms with Gasteiger partial charge in [0.25, 0.3) is 0 Å². The van der Waals surface area contributed by atoms with Gasteiger partial charge in [-0.1, -0.05) is 23.7 Å². The van der Waals surface area contributed by atoms with E-state index in [1.807, 2.05) is 10.3 Å². The van der Waals surface area contributed by atoms with Gasteiger partial charge in [-0.05, 0) is 29.8 Å². The molecule has 2 heterocycles. The van der Waals surface area contributed by atoms with E-state index in [1.165, 1.54) is 17.4 Å². The van der Waals surface area contributed by atoms with E-state index in [1.54, 1.807) is 12.1 Å². The topological polar surface area (TPSA) is 53.5 Å². The summed E-state index contributed by atoms with van der Waals surface area (Å²) in [5.74, 6) is -2.69. The lowest BCUT2D eigenvalue weighted by Gasteiger charge is -2.33. The third-order valence-electron chi connectivity index (χ3n) is 4.93. The number of aromatic nitrogens is 1. The molecule has 0 aliphatic carbocycles. The maximum Gasteiger partial charge on any atom is 0.249 e. The molecule has 1 aliphatic heterocycles. The molecule has 3 aromatic rings. The highest BCUT2D eigenvalue weighted by atomic mass is 35.5. The molecule has 0 saturated carbocycles. The van der Waals surface area contributed by atoms with Crippen molar-refractivity contribution in [3.8, 4) is 0 Å². The fourth-order valence-corrected chi connectivity index (χ4v) is 5.97. The summed E-state index contributed by atoms with van der Waals surface area (Å²) in [6, 6.07) is 7.49. The third-order valence-corrected chi connectivity index (χ3v) is 8.13. The van der Waals surface area contributed by atoms with Gasteiger partial charge in [0.1, 0.15) is 17.5 Å². The molecule has 1 aromatic heterocycles. The minimum atomic E-state index is -4.28. The van der Waals surface area contributed by atoms with Crippen LogP contribution in [0.15, 0.2) is 46.7 Å². The molecule has 0 unspecified atom stereocenters. The largest absolute Gasteiger partial charge is 0.345 e. The maximum absolute atomic E-state index is 14.0. The molecule has 0 atom stereocenters. The van der Waals surface area contributed by atoms with Gasteiger partial charge in [0.2, 0.25) is 10.0 Å². The molecule has 1 saturated heterocycles. The van der Waals surface area contributed by atoms with Crippen LogP contribution in [-0.4, -0.2) is 43.9 Å². The Labute approximate surface area is 186 Å². The fourth-order valence-electron chi connectivity index (χ4n) is 3.36. The predicted molar refractivity (Wildman–Crippen MR) is 114 cm³/mol. The molecule has 0 amide bonds. The summed E-state index contributed by atoms with van der Waals surface area (Å²) < 4.78 is 67.8. The number of halogens is 4. The average Bonchev–Trinajstić information content (AvgIpc) is 3.19. The third kappa shape index (κ3) is 4.57. The molecule has 11 heteroatoms.